The summed E-state index contributed by atoms with van der Waals surface area (Å²) in [7, 11) is 0. The van der Waals surface area contributed by atoms with E-state index in [0.717, 1.165) is 29.3 Å². The first-order valence-electron chi connectivity index (χ1n) is 7.48. The first kappa shape index (κ1) is 19.0. The Morgan fingerprint density at radius 3 is 2.64 bits per heavy atom. The van der Waals surface area contributed by atoms with E-state index in [1.165, 1.54) is 12.1 Å². The first-order chi connectivity index (χ1) is 11.7. The molecule has 1 amide bonds. The number of benzene rings is 1. The lowest BCUT2D eigenvalue weighted by atomic mass is 10.2. The van der Waals surface area contributed by atoms with Crippen LogP contribution in [0.2, 0.25) is 5.02 Å². The van der Waals surface area contributed by atoms with Crippen LogP contribution in [-0.2, 0) is 12.7 Å². The lowest BCUT2D eigenvalue weighted by Gasteiger charge is -2.12. The zero-order valence-electron chi connectivity index (χ0n) is 13.2. The van der Waals surface area contributed by atoms with Crippen molar-refractivity contribution in [3.05, 3.63) is 57.0 Å². The number of rotatable bonds is 5. The van der Waals surface area contributed by atoms with Gasteiger partial charge in [-0.05, 0) is 30.7 Å². The minimum atomic E-state index is -4.56. The van der Waals surface area contributed by atoms with Crippen LogP contribution in [0.1, 0.15) is 35.8 Å². The van der Waals surface area contributed by atoms with Gasteiger partial charge in [0.2, 0.25) is 0 Å². The normalized spacial score (nSPS) is 11.4. The summed E-state index contributed by atoms with van der Waals surface area (Å²) in [5, 5.41) is 6.19. The minimum Gasteiger partial charge on any atom is -0.319 e. The molecule has 0 saturated carbocycles. The van der Waals surface area contributed by atoms with Crippen molar-refractivity contribution in [3.8, 4) is 0 Å². The number of aryl methyl sites for hydroxylation is 1. The van der Waals surface area contributed by atoms with E-state index in [4.69, 9.17) is 11.6 Å². The lowest BCUT2D eigenvalue weighted by Crippen LogP contribution is -2.26. The van der Waals surface area contributed by atoms with Gasteiger partial charge in [0.25, 0.3) is 11.5 Å². The van der Waals surface area contributed by atoms with E-state index in [2.05, 4.69) is 10.4 Å². The largest absolute Gasteiger partial charge is 0.416 e. The van der Waals surface area contributed by atoms with Crippen molar-refractivity contribution in [1.29, 1.82) is 0 Å². The Hall–Kier alpha value is -2.35. The second-order valence-electron chi connectivity index (χ2n) is 5.28. The molecule has 1 N–H and O–H groups in total. The molecule has 9 heteroatoms. The standard InChI is InChI=1S/C16H15ClF3N3O2/c1-2-3-8-23-14(24)7-6-12(22-23)15(25)21-13-9-10(16(18,19)20)4-5-11(13)17/h4-7,9H,2-3,8H2,1H3,(H,21,25). The number of nitrogens with zero attached hydrogens (tertiary/aromatic N) is 2. The van der Waals surface area contributed by atoms with Crippen LogP contribution in [0.15, 0.2) is 35.1 Å². The topological polar surface area (TPSA) is 64.0 Å². The van der Waals surface area contributed by atoms with E-state index in [9.17, 15) is 22.8 Å². The van der Waals surface area contributed by atoms with Crippen molar-refractivity contribution in [2.24, 2.45) is 0 Å². The Balaban J connectivity index is 2.27. The quantitative estimate of drug-likeness (QED) is 0.862. The van der Waals surface area contributed by atoms with Crippen molar-refractivity contribution in [2.45, 2.75) is 32.5 Å². The van der Waals surface area contributed by atoms with Gasteiger partial charge in [-0.2, -0.15) is 18.3 Å². The van der Waals surface area contributed by atoms with Gasteiger partial charge >= 0.3 is 6.18 Å². The zero-order chi connectivity index (χ0) is 18.6. The van der Waals surface area contributed by atoms with Crippen LogP contribution >= 0.6 is 11.6 Å². The Morgan fingerprint density at radius 1 is 1.28 bits per heavy atom. The number of carbonyl (C=O) groups is 1. The zero-order valence-corrected chi connectivity index (χ0v) is 14.0. The highest BCUT2D eigenvalue weighted by Gasteiger charge is 2.31. The summed E-state index contributed by atoms with van der Waals surface area (Å²) in [6.07, 6.45) is -3.02. The summed E-state index contributed by atoms with van der Waals surface area (Å²) < 4.78 is 39.5. The number of alkyl halides is 3. The molecule has 1 aromatic heterocycles. The van der Waals surface area contributed by atoms with Crippen molar-refractivity contribution in [1.82, 2.24) is 9.78 Å². The van der Waals surface area contributed by atoms with Crippen LogP contribution in [-0.4, -0.2) is 15.7 Å². The molecular weight excluding hydrogens is 359 g/mol. The van der Waals surface area contributed by atoms with Crippen molar-refractivity contribution < 1.29 is 18.0 Å². The van der Waals surface area contributed by atoms with Crippen LogP contribution in [0.3, 0.4) is 0 Å². The number of nitrogens with one attached hydrogen (secondary N) is 1. The maximum absolute atomic E-state index is 12.8. The number of carbonyl (C=O) groups excluding carboxylic acids is 1. The summed E-state index contributed by atoms with van der Waals surface area (Å²) in [6, 6.07) is 5.01. The molecule has 0 fully saturated rings. The number of unbranched alkanes of at least 4 members (excludes halogenated alkanes) is 1. The van der Waals surface area contributed by atoms with E-state index in [-0.39, 0.29) is 22.0 Å². The summed E-state index contributed by atoms with van der Waals surface area (Å²) in [5.74, 6) is -0.758. The fourth-order valence-electron chi connectivity index (χ4n) is 2.02. The van der Waals surface area contributed by atoms with E-state index in [1.54, 1.807) is 0 Å². The maximum Gasteiger partial charge on any atom is 0.416 e. The summed E-state index contributed by atoms with van der Waals surface area (Å²) >= 11 is 5.85. The monoisotopic (exact) mass is 373 g/mol. The Labute approximate surface area is 146 Å². The average molecular weight is 374 g/mol. The van der Waals surface area contributed by atoms with Crippen molar-refractivity contribution >= 4 is 23.2 Å². The highest BCUT2D eigenvalue weighted by Crippen LogP contribution is 2.33. The molecule has 1 aromatic carbocycles. The molecule has 2 aromatic rings. The molecule has 5 nitrogen and oxygen atoms in total. The van der Waals surface area contributed by atoms with E-state index < -0.39 is 17.6 Å². The van der Waals surface area contributed by atoms with E-state index >= 15 is 0 Å². The number of anilines is 1. The van der Waals surface area contributed by atoms with Gasteiger partial charge in [-0.15, -0.1) is 0 Å². The van der Waals surface area contributed by atoms with Gasteiger partial charge in [-0.25, -0.2) is 4.68 Å². The van der Waals surface area contributed by atoms with Crippen LogP contribution in [0.25, 0.3) is 0 Å². The van der Waals surface area contributed by atoms with Gasteiger partial charge in [0.1, 0.15) is 5.69 Å². The van der Waals surface area contributed by atoms with Crippen LogP contribution in [0, 0.1) is 0 Å². The Bertz CT molecular complexity index is 834. The molecule has 0 aliphatic heterocycles. The van der Waals surface area contributed by atoms with E-state index in [0.29, 0.717) is 13.0 Å². The van der Waals surface area contributed by atoms with Gasteiger partial charge in [0, 0.05) is 12.6 Å². The fraction of sp³-hybridized carbons (Fsp3) is 0.312. The molecular formula is C16H15ClF3N3O2. The first-order valence-corrected chi connectivity index (χ1v) is 7.86. The molecule has 25 heavy (non-hydrogen) atoms. The molecule has 1 heterocycles. The number of aromatic nitrogens is 2. The van der Waals surface area contributed by atoms with Crippen LogP contribution in [0.5, 0.6) is 0 Å². The Kier molecular flexibility index (Phi) is 5.84. The summed E-state index contributed by atoms with van der Waals surface area (Å²) in [4.78, 5) is 23.9. The molecule has 0 unspecified atom stereocenters. The molecule has 0 saturated heterocycles. The molecule has 0 atom stereocenters. The molecule has 0 aliphatic rings. The third-order valence-corrected chi connectivity index (χ3v) is 3.69. The van der Waals surface area contributed by atoms with Gasteiger partial charge in [0.15, 0.2) is 0 Å². The molecule has 134 valence electrons. The molecule has 0 spiro atoms. The van der Waals surface area contributed by atoms with Gasteiger partial charge in [0.05, 0.1) is 16.3 Å². The van der Waals surface area contributed by atoms with Crippen molar-refractivity contribution in [2.75, 3.05) is 5.32 Å². The van der Waals surface area contributed by atoms with Gasteiger partial charge in [-0.1, -0.05) is 24.9 Å². The highest BCUT2D eigenvalue weighted by molar-refractivity contribution is 6.33. The predicted molar refractivity (Wildman–Crippen MR) is 87.8 cm³/mol. The number of halogens is 4. The third kappa shape index (κ3) is 4.82. The van der Waals surface area contributed by atoms with Crippen molar-refractivity contribution in [3.63, 3.8) is 0 Å². The second kappa shape index (κ2) is 7.69. The number of hydrogen-bond acceptors (Lipinski definition) is 3. The minimum absolute atomic E-state index is 0.0411. The SMILES string of the molecule is CCCCn1nc(C(=O)Nc2cc(C(F)(F)F)ccc2Cl)ccc1=O. The van der Waals surface area contributed by atoms with Gasteiger partial charge in [-0.3, -0.25) is 9.59 Å². The predicted octanol–water partition coefficient (Wildman–Crippen LogP) is 3.97. The number of amides is 1. The molecule has 2 rings (SSSR count). The van der Waals surface area contributed by atoms with Crippen LogP contribution in [0.4, 0.5) is 18.9 Å². The lowest BCUT2D eigenvalue weighted by molar-refractivity contribution is -0.137. The summed E-state index contributed by atoms with van der Waals surface area (Å²) in [5.41, 5.74) is -1.58. The van der Waals surface area contributed by atoms with Crippen LogP contribution < -0.4 is 10.9 Å². The Morgan fingerprint density at radius 2 is 2.00 bits per heavy atom. The van der Waals surface area contributed by atoms with E-state index in [1.807, 2.05) is 6.92 Å². The average Bonchev–Trinajstić information content (AvgIpc) is 2.55. The second-order valence-corrected chi connectivity index (χ2v) is 5.69. The highest BCUT2D eigenvalue weighted by atomic mass is 35.5. The fourth-order valence-corrected chi connectivity index (χ4v) is 2.19. The molecule has 0 aliphatic carbocycles. The summed E-state index contributed by atoms with van der Waals surface area (Å²) in [6.45, 7) is 2.29. The molecule has 0 bridgehead atoms. The maximum atomic E-state index is 12.8. The smallest absolute Gasteiger partial charge is 0.319 e. The number of hydrogen-bond donors (Lipinski definition) is 1. The third-order valence-electron chi connectivity index (χ3n) is 3.36. The van der Waals surface area contributed by atoms with Gasteiger partial charge < -0.3 is 5.32 Å². The molecule has 0 radical (unpaired) electrons.